The highest BCUT2D eigenvalue weighted by atomic mass is 19.1. The van der Waals surface area contributed by atoms with Crippen LogP contribution in [0.15, 0.2) is 60.7 Å². The van der Waals surface area contributed by atoms with Gasteiger partial charge in [-0.05, 0) is 59.5 Å². The molecule has 0 saturated carbocycles. The minimum atomic E-state index is -0.329. The standard InChI is InChI=1S/C30H28FN5O2/c1-20(17-35-10-12-37-13-11-35)36-28-9-6-21(15-27(28)34-30(36)33-19-32)14-26-24-5-3-2-4-22(24)18-38-29-16-23(31)7-8-25(26)29/h2-9,14-16,20H,10-13,17-18H2,1H3,(H,33,34)/b26-14+. The van der Waals surface area contributed by atoms with E-state index in [1.165, 1.54) is 12.1 Å². The zero-order valence-electron chi connectivity index (χ0n) is 21.2. The van der Waals surface area contributed by atoms with Gasteiger partial charge in [0.1, 0.15) is 18.2 Å². The lowest BCUT2D eigenvalue weighted by molar-refractivity contribution is 0.0329. The van der Waals surface area contributed by atoms with E-state index < -0.39 is 0 Å². The maximum absolute atomic E-state index is 14.1. The van der Waals surface area contributed by atoms with Crippen LogP contribution in [0.3, 0.4) is 0 Å². The first kappa shape index (κ1) is 24.2. The summed E-state index contributed by atoms with van der Waals surface area (Å²) >= 11 is 0. The summed E-state index contributed by atoms with van der Waals surface area (Å²) in [6, 6.07) is 19.0. The predicted molar refractivity (Wildman–Crippen MR) is 145 cm³/mol. The third kappa shape index (κ3) is 4.62. The highest BCUT2D eigenvalue weighted by molar-refractivity contribution is 5.96. The molecular formula is C30H28FN5O2. The largest absolute Gasteiger partial charge is 0.488 e. The summed E-state index contributed by atoms with van der Waals surface area (Å²) in [7, 11) is 0. The molecule has 1 fully saturated rings. The number of nitrogens with zero attached hydrogens (tertiary/aromatic N) is 4. The Kier molecular flexibility index (Phi) is 6.54. The van der Waals surface area contributed by atoms with Gasteiger partial charge in [-0.3, -0.25) is 10.2 Å². The number of fused-ring (bicyclic) bond motifs is 3. The van der Waals surface area contributed by atoms with Crippen LogP contribution in [0.4, 0.5) is 10.3 Å². The molecule has 0 radical (unpaired) electrons. The van der Waals surface area contributed by atoms with E-state index >= 15 is 0 Å². The summed E-state index contributed by atoms with van der Waals surface area (Å²) in [4.78, 5) is 7.15. The Bertz CT molecular complexity index is 1560. The molecule has 0 bridgehead atoms. The molecule has 1 N–H and O–H groups in total. The van der Waals surface area contributed by atoms with Gasteiger partial charge in [0.25, 0.3) is 0 Å². The molecule has 1 atom stereocenters. The molecule has 192 valence electrons. The van der Waals surface area contributed by atoms with Crippen molar-refractivity contribution in [1.82, 2.24) is 14.5 Å². The van der Waals surface area contributed by atoms with Crippen LogP contribution >= 0.6 is 0 Å². The van der Waals surface area contributed by atoms with Crippen LogP contribution in [0, 0.1) is 17.3 Å². The second-order valence-corrected chi connectivity index (χ2v) is 9.70. The first-order valence-corrected chi connectivity index (χ1v) is 12.8. The van der Waals surface area contributed by atoms with Crippen molar-refractivity contribution in [2.75, 3.05) is 38.2 Å². The number of aromatic nitrogens is 2. The maximum Gasteiger partial charge on any atom is 0.217 e. The van der Waals surface area contributed by atoms with Gasteiger partial charge >= 0.3 is 0 Å². The van der Waals surface area contributed by atoms with Gasteiger partial charge in [-0.2, -0.15) is 5.26 Å². The van der Waals surface area contributed by atoms with Crippen LogP contribution in [0.1, 0.15) is 35.2 Å². The molecular weight excluding hydrogens is 481 g/mol. The molecule has 38 heavy (non-hydrogen) atoms. The SMILES string of the molecule is CC(CN1CCOCC1)n1c(NC#N)nc2cc(/C=C3\c4ccccc4COc4cc(F)ccc43)ccc21. The second kappa shape index (κ2) is 10.3. The first-order chi connectivity index (χ1) is 18.6. The molecule has 6 rings (SSSR count). The average Bonchev–Trinajstić information content (AvgIpc) is 3.21. The molecule has 3 heterocycles. The fraction of sp³-hybridized carbons (Fsp3) is 0.267. The number of nitrogens with one attached hydrogen (secondary N) is 1. The molecule has 7 nitrogen and oxygen atoms in total. The van der Waals surface area contributed by atoms with Crippen LogP contribution < -0.4 is 10.1 Å². The fourth-order valence-corrected chi connectivity index (χ4v) is 5.40. The number of imidazole rings is 1. The zero-order chi connectivity index (χ0) is 26.1. The smallest absolute Gasteiger partial charge is 0.217 e. The number of hydrogen-bond donors (Lipinski definition) is 1. The molecule has 4 aromatic rings. The second-order valence-electron chi connectivity index (χ2n) is 9.70. The Morgan fingerprint density at radius 2 is 1.95 bits per heavy atom. The first-order valence-electron chi connectivity index (χ1n) is 12.8. The van der Waals surface area contributed by atoms with E-state index in [1.807, 2.05) is 30.5 Å². The zero-order valence-corrected chi connectivity index (χ0v) is 21.2. The normalized spacial score (nSPS) is 17.2. The molecule has 0 aliphatic carbocycles. The summed E-state index contributed by atoms with van der Waals surface area (Å²) in [6.45, 7) is 6.62. The molecule has 0 spiro atoms. The quantitative estimate of drug-likeness (QED) is 0.285. The molecule has 1 aromatic heterocycles. The van der Waals surface area contributed by atoms with Gasteiger partial charge in [0.2, 0.25) is 5.95 Å². The molecule has 2 aliphatic rings. The predicted octanol–water partition coefficient (Wildman–Crippen LogP) is 5.44. The van der Waals surface area contributed by atoms with Crippen LogP contribution in [0.2, 0.25) is 0 Å². The maximum atomic E-state index is 14.1. The number of benzene rings is 3. The van der Waals surface area contributed by atoms with Crippen LogP contribution in [0.25, 0.3) is 22.7 Å². The summed E-state index contributed by atoms with van der Waals surface area (Å²) < 4.78 is 27.6. The van der Waals surface area contributed by atoms with Gasteiger partial charge in [0.05, 0.1) is 24.2 Å². The van der Waals surface area contributed by atoms with Crippen molar-refractivity contribution in [3.63, 3.8) is 0 Å². The molecule has 2 aliphatic heterocycles. The number of ether oxygens (including phenoxy) is 2. The lowest BCUT2D eigenvalue weighted by Gasteiger charge is -2.30. The Labute approximate surface area is 220 Å². The Balaban J connectivity index is 1.42. The van der Waals surface area contributed by atoms with Gasteiger partial charge in [-0.15, -0.1) is 0 Å². The van der Waals surface area contributed by atoms with E-state index in [-0.39, 0.29) is 11.9 Å². The van der Waals surface area contributed by atoms with Crippen molar-refractivity contribution in [2.45, 2.75) is 19.6 Å². The highest BCUT2D eigenvalue weighted by Crippen LogP contribution is 2.38. The molecule has 8 heteroatoms. The molecule has 1 unspecified atom stereocenters. The summed E-state index contributed by atoms with van der Waals surface area (Å²) in [6.07, 6.45) is 4.13. The highest BCUT2D eigenvalue weighted by Gasteiger charge is 2.22. The van der Waals surface area contributed by atoms with Crippen molar-refractivity contribution < 1.29 is 13.9 Å². The van der Waals surface area contributed by atoms with Crippen molar-refractivity contribution in [3.8, 4) is 11.9 Å². The molecule has 0 amide bonds. The fourth-order valence-electron chi connectivity index (χ4n) is 5.40. The van der Waals surface area contributed by atoms with E-state index in [4.69, 9.17) is 14.5 Å². The summed E-state index contributed by atoms with van der Waals surface area (Å²) in [5.41, 5.74) is 6.60. The Morgan fingerprint density at radius 1 is 1.11 bits per heavy atom. The number of hydrogen-bond acceptors (Lipinski definition) is 6. The van der Waals surface area contributed by atoms with Crippen molar-refractivity contribution in [3.05, 3.63) is 88.7 Å². The monoisotopic (exact) mass is 509 g/mol. The topological polar surface area (TPSA) is 75.3 Å². The molecule has 1 saturated heterocycles. The van der Waals surface area contributed by atoms with Crippen molar-refractivity contribution in [1.29, 1.82) is 5.26 Å². The van der Waals surface area contributed by atoms with Gasteiger partial charge in [-0.25, -0.2) is 9.37 Å². The Hall–Kier alpha value is -4.19. The number of morpholine rings is 1. The van der Waals surface area contributed by atoms with E-state index in [0.717, 1.165) is 71.7 Å². The summed E-state index contributed by atoms with van der Waals surface area (Å²) in [5.74, 6) is 0.724. The minimum Gasteiger partial charge on any atom is -0.488 e. The van der Waals surface area contributed by atoms with Crippen molar-refractivity contribution >= 4 is 28.6 Å². The minimum absolute atomic E-state index is 0.103. The third-order valence-electron chi connectivity index (χ3n) is 7.18. The molecule has 3 aromatic carbocycles. The van der Waals surface area contributed by atoms with Gasteiger partial charge < -0.3 is 14.0 Å². The van der Waals surface area contributed by atoms with Gasteiger partial charge in [0.15, 0.2) is 6.19 Å². The van der Waals surface area contributed by atoms with E-state index in [2.05, 4.69) is 46.0 Å². The van der Waals surface area contributed by atoms with Crippen LogP contribution in [-0.4, -0.2) is 47.3 Å². The lowest BCUT2D eigenvalue weighted by atomic mass is 9.92. The van der Waals surface area contributed by atoms with Crippen molar-refractivity contribution in [2.24, 2.45) is 0 Å². The third-order valence-corrected chi connectivity index (χ3v) is 7.18. The van der Waals surface area contributed by atoms with Gasteiger partial charge in [-0.1, -0.05) is 30.3 Å². The van der Waals surface area contributed by atoms with Gasteiger partial charge in [0, 0.05) is 37.3 Å². The lowest BCUT2D eigenvalue weighted by Crippen LogP contribution is -2.39. The number of rotatable bonds is 5. The number of nitriles is 1. The van der Waals surface area contributed by atoms with Crippen LogP contribution in [-0.2, 0) is 11.3 Å². The van der Waals surface area contributed by atoms with E-state index in [9.17, 15) is 9.65 Å². The van der Waals surface area contributed by atoms with Crippen LogP contribution in [0.5, 0.6) is 5.75 Å². The number of anilines is 1. The summed E-state index contributed by atoms with van der Waals surface area (Å²) in [5, 5.41) is 12.2. The average molecular weight is 510 g/mol. The number of halogens is 1. The van der Waals surface area contributed by atoms with E-state index in [0.29, 0.717) is 18.3 Å². The Morgan fingerprint density at radius 3 is 2.79 bits per heavy atom. The van der Waals surface area contributed by atoms with E-state index in [1.54, 1.807) is 6.07 Å².